The van der Waals surface area contributed by atoms with Gasteiger partial charge in [0, 0.05) is 24.8 Å². The van der Waals surface area contributed by atoms with E-state index in [0.717, 1.165) is 17.7 Å². The number of carbonyl (C=O) groups excluding carboxylic acids is 2. The number of aliphatic hydroxyl groups excluding tert-OH is 2. The molecule has 1 saturated heterocycles. The fraction of sp³-hybridized carbons (Fsp3) is 0.571. The SMILES string of the molecule is CC[C@H](Oc1ccc(F)cc1F)C(=O)OC1CC(O)C=C2C=CC(C)C(CC[C@@H]3C[C@@H](O)CC(=O)O3)C21. The van der Waals surface area contributed by atoms with Crippen LogP contribution >= 0.6 is 0 Å². The van der Waals surface area contributed by atoms with Crippen LogP contribution in [0.3, 0.4) is 0 Å². The van der Waals surface area contributed by atoms with Gasteiger partial charge in [0.1, 0.15) is 18.0 Å². The van der Waals surface area contributed by atoms with Gasteiger partial charge in [-0.2, -0.15) is 0 Å². The molecule has 1 aliphatic heterocycles. The summed E-state index contributed by atoms with van der Waals surface area (Å²) in [6.07, 6.45) is 4.17. The molecule has 0 aromatic heterocycles. The molecule has 1 fully saturated rings. The van der Waals surface area contributed by atoms with E-state index in [4.69, 9.17) is 14.2 Å². The molecule has 1 heterocycles. The minimum absolute atomic E-state index is 0.00693. The van der Waals surface area contributed by atoms with Gasteiger partial charge < -0.3 is 24.4 Å². The van der Waals surface area contributed by atoms with E-state index in [1.54, 1.807) is 13.0 Å². The average molecular weight is 521 g/mol. The summed E-state index contributed by atoms with van der Waals surface area (Å²) >= 11 is 0. The Morgan fingerprint density at radius 1 is 1.22 bits per heavy atom. The largest absolute Gasteiger partial charge is 0.476 e. The molecule has 7 nitrogen and oxygen atoms in total. The Bertz CT molecular complexity index is 1050. The number of hydrogen-bond acceptors (Lipinski definition) is 7. The Kier molecular flexibility index (Phi) is 8.64. The fourth-order valence-electron chi connectivity index (χ4n) is 5.65. The molecule has 5 unspecified atom stereocenters. The molecule has 2 N–H and O–H groups in total. The Balaban J connectivity index is 1.48. The predicted octanol–water partition coefficient (Wildman–Crippen LogP) is 4.01. The highest BCUT2D eigenvalue weighted by atomic mass is 19.1. The van der Waals surface area contributed by atoms with Crippen molar-refractivity contribution in [3.63, 3.8) is 0 Å². The van der Waals surface area contributed by atoms with Crippen LogP contribution in [0.2, 0.25) is 0 Å². The lowest BCUT2D eigenvalue weighted by Crippen LogP contribution is -2.44. The van der Waals surface area contributed by atoms with Gasteiger partial charge >= 0.3 is 11.9 Å². The van der Waals surface area contributed by atoms with Gasteiger partial charge in [-0.1, -0.05) is 32.1 Å². The van der Waals surface area contributed by atoms with Crippen molar-refractivity contribution in [3.05, 3.63) is 53.6 Å². The second kappa shape index (κ2) is 11.7. The topological polar surface area (TPSA) is 102 Å². The summed E-state index contributed by atoms with van der Waals surface area (Å²) in [5, 5.41) is 20.4. The maximum atomic E-state index is 14.1. The summed E-state index contributed by atoms with van der Waals surface area (Å²) in [7, 11) is 0. The molecule has 2 aliphatic carbocycles. The molecule has 0 bridgehead atoms. The highest BCUT2D eigenvalue weighted by Gasteiger charge is 2.43. The van der Waals surface area contributed by atoms with Gasteiger partial charge in [-0.3, -0.25) is 4.79 Å². The number of ether oxygens (including phenoxy) is 3. The number of esters is 2. The maximum Gasteiger partial charge on any atom is 0.347 e. The number of rotatable bonds is 8. The van der Waals surface area contributed by atoms with Crippen molar-refractivity contribution in [3.8, 4) is 5.75 Å². The summed E-state index contributed by atoms with van der Waals surface area (Å²) in [5.41, 5.74) is 0.874. The van der Waals surface area contributed by atoms with Crippen molar-refractivity contribution in [1.82, 2.24) is 0 Å². The zero-order valence-electron chi connectivity index (χ0n) is 21.0. The molecule has 1 aromatic carbocycles. The Morgan fingerprint density at radius 3 is 2.70 bits per heavy atom. The Labute approximate surface area is 215 Å². The highest BCUT2D eigenvalue weighted by molar-refractivity contribution is 5.75. The lowest BCUT2D eigenvalue weighted by atomic mass is 9.66. The maximum absolute atomic E-state index is 14.1. The van der Waals surface area contributed by atoms with Crippen LogP contribution in [0.1, 0.15) is 52.4 Å². The van der Waals surface area contributed by atoms with Crippen molar-refractivity contribution in [2.24, 2.45) is 17.8 Å². The lowest BCUT2D eigenvalue weighted by molar-refractivity contribution is -0.165. The van der Waals surface area contributed by atoms with Crippen LogP contribution in [0.15, 0.2) is 42.0 Å². The fourth-order valence-corrected chi connectivity index (χ4v) is 5.65. The number of carbonyl (C=O) groups is 2. The molecule has 37 heavy (non-hydrogen) atoms. The normalized spacial score (nSPS) is 32.1. The number of fused-ring (bicyclic) bond motifs is 1. The van der Waals surface area contributed by atoms with E-state index >= 15 is 0 Å². The minimum Gasteiger partial charge on any atom is -0.476 e. The van der Waals surface area contributed by atoms with Crippen molar-refractivity contribution in [2.45, 2.75) is 82.9 Å². The molecular weight excluding hydrogens is 486 g/mol. The number of cyclic esters (lactones) is 1. The molecule has 0 radical (unpaired) electrons. The second-order valence-corrected chi connectivity index (χ2v) is 10.2. The number of hydrogen-bond donors (Lipinski definition) is 2. The summed E-state index contributed by atoms with van der Waals surface area (Å²) in [6, 6.07) is 2.86. The van der Waals surface area contributed by atoms with E-state index in [2.05, 4.69) is 13.0 Å². The van der Waals surface area contributed by atoms with Crippen LogP contribution in [0, 0.1) is 29.4 Å². The molecule has 202 valence electrons. The van der Waals surface area contributed by atoms with E-state index in [-0.39, 0.29) is 48.9 Å². The number of halogens is 2. The van der Waals surface area contributed by atoms with Crippen LogP contribution in [-0.4, -0.2) is 52.7 Å². The highest BCUT2D eigenvalue weighted by Crippen LogP contribution is 2.44. The lowest BCUT2D eigenvalue weighted by Gasteiger charge is -2.43. The van der Waals surface area contributed by atoms with Gasteiger partial charge in [0.15, 0.2) is 17.7 Å². The molecule has 1 aromatic rings. The van der Waals surface area contributed by atoms with Crippen LogP contribution in [0.5, 0.6) is 5.75 Å². The number of allylic oxidation sites excluding steroid dienone is 2. The molecule has 0 saturated carbocycles. The standard InChI is InChI=1S/C28H34F2O7/c1-3-23(36-24-9-6-17(29)11-22(24)30)28(34)37-25-13-18(31)10-16-5-4-15(2)21(27(16)25)8-7-20-12-19(32)14-26(33)35-20/h4-6,9-11,15,18-21,23,25,27,31-32H,3,7-8,12-14H2,1-2H3/t15?,18?,19-,20-,21?,23+,25?,27?/m1/s1. The molecule has 0 spiro atoms. The molecule has 9 heteroatoms. The number of aliphatic hydroxyl groups is 2. The first-order valence-electron chi connectivity index (χ1n) is 12.9. The van der Waals surface area contributed by atoms with Gasteiger partial charge in [-0.25, -0.2) is 13.6 Å². The van der Waals surface area contributed by atoms with Gasteiger partial charge in [0.25, 0.3) is 0 Å². The van der Waals surface area contributed by atoms with Crippen LogP contribution < -0.4 is 4.74 Å². The first kappa shape index (κ1) is 27.3. The molecule has 8 atom stereocenters. The van der Waals surface area contributed by atoms with Crippen molar-refractivity contribution in [1.29, 1.82) is 0 Å². The van der Waals surface area contributed by atoms with Crippen LogP contribution in [-0.2, 0) is 19.1 Å². The molecule has 0 amide bonds. The third-order valence-corrected chi connectivity index (χ3v) is 7.49. The van der Waals surface area contributed by atoms with E-state index in [0.29, 0.717) is 25.3 Å². The minimum atomic E-state index is -1.11. The van der Waals surface area contributed by atoms with Crippen LogP contribution in [0.25, 0.3) is 0 Å². The van der Waals surface area contributed by atoms with Crippen LogP contribution in [0.4, 0.5) is 8.78 Å². The molecule has 4 rings (SSSR count). The van der Waals surface area contributed by atoms with Gasteiger partial charge in [-0.15, -0.1) is 0 Å². The van der Waals surface area contributed by atoms with Gasteiger partial charge in [0.05, 0.1) is 18.6 Å². The molecule has 3 aliphatic rings. The Hall–Kier alpha value is -2.78. The summed E-state index contributed by atoms with van der Waals surface area (Å²) in [4.78, 5) is 24.9. The van der Waals surface area contributed by atoms with Gasteiger partial charge in [0.2, 0.25) is 0 Å². The first-order chi connectivity index (χ1) is 17.6. The average Bonchev–Trinajstić information content (AvgIpc) is 2.82. The zero-order valence-corrected chi connectivity index (χ0v) is 21.0. The van der Waals surface area contributed by atoms with E-state index in [9.17, 15) is 28.6 Å². The summed E-state index contributed by atoms with van der Waals surface area (Å²) in [5.74, 6) is -3.03. The summed E-state index contributed by atoms with van der Waals surface area (Å²) < 4.78 is 44.2. The van der Waals surface area contributed by atoms with Crippen molar-refractivity contribution in [2.75, 3.05) is 0 Å². The van der Waals surface area contributed by atoms with Crippen molar-refractivity contribution < 1.29 is 42.8 Å². The second-order valence-electron chi connectivity index (χ2n) is 10.2. The zero-order chi connectivity index (χ0) is 26.7. The van der Waals surface area contributed by atoms with E-state index < -0.39 is 48.0 Å². The van der Waals surface area contributed by atoms with Gasteiger partial charge in [-0.05, 0) is 48.8 Å². The summed E-state index contributed by atoms with van der Waals surface area (Å²) in [6.45, 7) is 3.77. The number of benzene rings is 1. The monoisotopic (exact) mass is 520 g/mol. The Morgan fingerprint density at radius 2 is 2.00 bits per heavy atom. The predicted molar refractivity (Wildman–Crippen MR) is 129 cm³/mol. The quantitative estimate of drug-likeness (QED) is 0.500. The van der Waals surface area contributed by atoms with E-state index in [1.807, 2.05) is 6.08 Å². The third-order valence-electron chi connectivity index (χ3n) is 7.49. The first-order valence-corrected chi connectivity index (χ1v) is 12.9. The van der Waals surface area contributed by atoms with E-state index in [1.165, 1.54) is 0 Å². The smallest absolute Gasteiger partial charge is 0.347 e. The third kappa shape index (κ3) is 6.57. The van der Waals surface area contributed by atoms with Crippen molar-refractivity contribution >= 4 is 11.9 Å². The molecular formula is C28H34F2O7.